The van der Waals surface area contributed by atoms with Crippen LogP contribution in [0.15, 0.2) is 0 Å². The van der Waals surface area contributed by atoms with E-state index in [1.165, 1.54) is 0 Å². The third kappa shape index (κ3) is 2.64. The Hall–Kier alpha value is -0.120. The van der Waals surface area contributed by atoms with E-state index < -0.39 is 6.10 Å². The summed E-state index contributed by atoms with van der Waals surface area (Å²) in [5, 5.41) is 9.34. The van der Waals surface area contributed by atoms with Crippen molar-refractivity contribution in [2.24, 2.45) is 5.73 Å². The summed E-state index contributed by atoms with van der Waals surface area (Å²) in [6, 6.07) is -0.171. The SMILES string of the molecule is CCC(N)C(O)C(C)OC. The molecule has 0 saturated carbocycles. The van der Waals surface area contributed by atoms with Crippen molar-refractivity contribution in [3.63, 3.8) is 0 Å². The van der Waals surface area contributed by atoms with Gasteiger partial charge in [0.05, 0.1) is 12.2 Å². The fraction of sp³-hybridized carbons (Fsp3) is 1.00. The molecule has 0 aromatic heterocycles. The van der Waals surface area contributed by atoms with E-state index in [-0.39, 0.29) is 12.1 Å². The average Bonchev–Trinajstić information content (AvgIpc) is 2.00. The van der Waals surface area contributed by atoms with E-state index in [4.69, 9.17) is 10.5 Å². The van der Waals surface area contributed by atoms with Crippen LogP contribution in [0.3, 0.4) is 0 Å². The lowest BCUT2D eigenvalue weighted by atomic mass is 10.1. The molecule has 0 saturated heterocycles. The van der Waals surface area contributed by atoms with Gasteiger partial charge in [0, 0.05) is 13.2 Å². The minimum absolute atomic E-state index is 0.171. The third-order valence-corrected chi connectivity index (χ3v) is 1.76. The Bertz CT molecular complexity index is 77.7. The van der Waals surface area contributed by atoms with E-state index in [9.17, 15) is 5.11 Å². The second-order valence-corrected chi connectivity index (χ2v) is 2.50. The first kappa shape index (κ1) is 9.88. The van der Waals surface area contributed by atoms with Crippen LogP contribution in [-0.4, -0.2) is 30.5 Å². The van der Waals surface area contributed by atoms with Gasteiger partial charge in [-0.05, 0) is 13.3 Å². The first-order valence-corrected chi connectivity index (χ1v) is 3.59. The molecule has 3 N–H and O–H groups in total. The van der Waals surface area contributed by atoms with Crippen molar-refractivity contribution in [1.29, 1.82) is 0 Å². The highest BCUT2D eigenvalue weighted by molar-refractivity contribution is 4.75. The Labute approximate surface area is 62.2 Å². The van der Waals surface area contributed by atoms with Crippen LogP contribution in [0.25, 0.3) is 0 Å². The second kappa shape index (κ2) is 4.66. The van der Waals surface area contributed by atoms with Gasteiger partial charge >= 0.3 is 0 Å². The topological polar surface area (TPSA) is 55.5 Å². The lowest BCUT2D eigenvalue weighted by Gasteiger charge is -2.22. The number of hydrogen-bond donors (Lipinski definition) is 2. The first-order chi connectivity index (χ1) is 4.63. The molecular formula is C7H17NO2. The molecule has 0 aliphatic rings. The highest BCUT2D eigenvalue weighted by Crippen LogP contribution is 2.03. The van der Waals surface area contributed by atoms with Crippen LogP contribution in [0.2, 0.25) is 0 Å². The summed E-state index contributed by atoms with van der Waals surface area (Å²) < 4.78 is 4.90. The predicted molar refractivity (Wildman–Crippen MR) is 40.7 cm³/mol. The number of ether oxygens (including phenoxy) is 1. The number of aliphatic hydroxyl groups excluding tert-OH is 1. The van der Waals surface area contributed by atoms with Crippen LogP contribution in [0.5, 0.6) is 0 Å². The number of rotatable bonds is 4. The molecule has 3 unspecified atom stereocenters. The van der Waals surface area contributed by atoms with Gasteiger partial charge in [-0.3, -0.25) is 0 Å². The molecule has 62 valence electrons. The van der Waals surface area contributed by atoms with Crippen LogP contribution in [-0.2, 0) is 4.74 Å². The maximum atomic E-state index is 9.34. The summed E-state index contributed by atoms with van der Waals surface area (Å²) in [7, 11) is 1.57. The molecule has 0 amide bonds. The van der Waals surface area contributed by atoms with Gasteiger partial charge in [-0.15, -0.1) is 0 Å². The molecule has 3 nitrogen and oxygen atoms in total. The smallest absolute Gasteiger partial charge is 0.0949 e. The monoisotopic (exact) mass is 147 g/mol. The molecule has 10 heavy (non-hydrogen) atoms. The molecule has 0 aliphatic carbocycles. The predicted octanol–water partition coefficient (Wildman–Crippen LogP) is 0.119. The van der Waals surface area contributed by atoms with E-state index in [1.54, 1.807) is 14.0 Å². The molecule has 0 fully saturated rings. The molecule has 0 spiro atoms. The quantitative estimate of drug-likeness (QED) is 0.594. The minimum Gasteiger partial charge on any atom is -0.389 e. The zero-order valence-electron chi connectivity index (χ0n) is 6.87. The summed E-state index contributed by atoms with van der Waals surface area (Å²) >= 11 is 0. The molecule has 0 aromatic carbocycles. The zero-order chi connectivity index (χ0) is 8.15. The van der Waals surface area contributed by atoms with Crippen molar-refractivity contribution in [2.75, 3.05) is 7.11 Å². The van der Waals surface area contributed by atoms with Crippen LogP contribution >= 0.6 is 0 Å². The van der Waals surface area contributed by atoms with E-state index in [0.717, 1.165) is 6.42 Å². The highest BCUT2D eigenvalue weighted by atomic mass is 16.5. The largest absolute Gasteiger partial charge is 0.389 e. The third-order valence-electron chi connectivity index (χ3n) is 1.76. The van der Waals surface area contributed by atoms with Crippen LogP contribution < -0.4 is 5.73 Å². The van der Waals surface area contributed by atoms with Gasteiger partial charge in [0.25, 0.3) is 0 Å². The highest BCUT2D eigenvalue weighted by Gasteiger charge is 2.19. The summed E-state index contributed by atoms with van der Waals surface area (Å²) in [5.41, 5.74) is 5.56. The van der Waals surface area contributed by atoms with Crippen LogP contribution in [0.4, 0.5) is 0 Å². The van der Waals surface area contributed by atoms with Gasteiger partial charge < -0.3 is 15.6 Å². The number of aliphatic hydroxyl groups is 1. The molecule has 3 atom stereocenters. The molecule has 0 radical (unpaired) electrons. The maximum absolute atomic E-state index is 9.34. The lowest BCUT2D eigenvalue weighted by Crippen LogP contribution is -2.41. The summed E-state index contributed by atoms with van der Waals surface area (Å²) in [5.74, 6) is 0. The Morgan fingerprint density at radius 2 is 2.10 bits per heavy atom. The molecule has 0 bridgehead atoms. The maximum Gasteiger partial charge on any atom is 0.0949 e. The molecule has 0 aliphatic heterocycles. The fourth-order valence-corrected chi connectivity index (χ4v) is 0.729. The first-order valence-electron chi connectivity index (χ1n) is 3.59. The van der Waals surface area contributed by atoms with Gasteiger partial charge in [-0.25, -0.2) is 0 Å². The van der Waals surface area contributed by atoms with Crippen LogP contribution in [0.1, 0.15) is 20.3 Å². The molecule has 0 heterocycles. The van der Waals surface area contributed by atoms with Crippen molar-refractivity contribution in [2.45, 2.75) is 38.5 Å². The Balaban J connectivity index is 3.69. The molecule has 0 aromatic rings. The van der Waals surface area contributed by atoms with Crippen molar-refractivity contribution in [3.8, 4) is 0 Å². The Morgan fingerprint density at radius 1 is 1.60 bits per heavy atom. The van der Waals surface area contributed by atoms with Crippen molar-refractivity contribution >= 4 is 0 Å². The zero-order valence-corrected chi connectivity index (χ0v) is 6.87. The van der Waals surface area contributed by atoms with Crippen LogP contribution in [0, 0.1) is 0 Å². The number of nitrogens with two attached hydrogens (primary N) is 1. The van der Waals surface area contributed by atoms with Gasteiger partial charge in [0.2, 0.25) is 0 Å². The molecule has 0 rings (SSSR count). The average molecular weight is 147 g/mol. The number of methoxy groups -OCH3 is 1. The lowest BCUT2D eigenvalue weighted by molar-refractivity contribution is -0.0135. The fourth-order valence-electron chi connectivity index (χ4n) is 0.729. The van der Waals surface area contributed by atoms with E-state index in [2.05, 4.69) is 0 Å². The van der Waals surface area contributed by atoms with E-state index in [0.29, 0.717) is 0 Å². The Morgan fingerprint density at radius 3 is 2.40 bits per heavy atom. The van der Waals surface area contributed by atoms with Gasteiger partial charge in [0.1, 0.15) is 0 Å². The van der Waals surface area contributed by atoms with Gasteiger partial charge in [0.15, 0.2) is 0 Å². The standard InChI is InChI=1S/C7H17NO2/c1-4-6(8)7(9)5(2)10-3/h5-7,9H,4,8H2,1-3H3. The van der Waals surface area contributed by atoms with Crippen molar-refractivity contribution < 1.29 is 9.84 Å². The second-order valence-electron chi connectivity index (χ2n) is 2.50. The minimum atomic E-state index is -0.546. The summed E-state index contributed by atoms with van der Waals surface area (Å²) in [6.07, 6.45) is 0.0550. The van der Waals surface area contributed by atoms with Gasteiger partial charge in [-0.2, -0.15) is 0 Å². The van der Waals surface area contributed by atoms with Crippen molar-refractivity contribution in [3.05, 3.63) is 0 Å². The van der Waals surface area contributed by atoms with Crippen molar-refractivity contribution in [1.82, 2.24) is 0 Å². The Kier molecular flexibility index (Phi) is 4.60. The normalized spacial score (nSPS) is 20.1. The number of hydrogen-bond acceptors (Lipinski definition) is 3. The van der Waals surface area contributed by atoms with E-state index in [1.807, 2.05) is 6.92 Å². The summed E-state index contributed by atoms with van der Waals surface area (Å²) in [6.45, 7) is 3.75. The summed E-state index contributed by atoms with van der Waals surface area (Å²) in [4.78, 5) is 0. The molecule has 3 heteroatoms. The molecular weight excluding hydrogens is 130 g/mol. The van der Waals surface area contributed by atoms with E-state index >= 15 is 0 Å². The van der Waals surface area contributed by atoms with Gasteiger partial charge in [-0.1, -0.05) is 6.92 Å².